The summed E-state index contributed by atoms with van der Waals surface area (Å²) < 4.78 is 24.8. The average Bonchev–Trinajstić information content (AvgIpc) is 2.54. The van der Waals surface area contributed by atoms with Gasteiger partial charge in [-0.05, 0) is 55.7 Å². The van der Waals surface area contributed by atoms with Gasteiger partial charge in [-0.15, -0.1) is 0 Å². The van der Waals surface area contributed by atoms with Gasteiger partial charge in [0.15, 0.2) is 0 Å². The first kappa shape index (κ1) is 16.5. The molecule has 1 unspecified atom stereocenters. The minimum atomic E-state index is -3.23. The molecule has 0 bridgehead atoms. The molecule has 1 N–H and O–H groups in total. The van der Waals surface area contributed by atoms with Gasteiger partial charge in [-0.2, -0.15) is 0 Å². The third-order valence-electron chi connectivity index (χ3n) is 4.88. The second-order valence-electron chi connectivity index (χ2n) is 6.60. The Morgan fingerprint density at radius 1 is 1.22 bits per heavy atom. The van der Waals surface area contributed by atoms with Crippen molar-refractivity contribution in [1.82, 2.24) is 4.31 Å². The molecule has 1 saturated heterocycles. The fourth-order valence-electron chi connectivity index (χ4n) is 3.59. The standard InChI is InChI=1S/C17H24N2O3S/c1-23(21,22)19-11-5-8-14(12-19)17(20)18-16-10-4-7-13-6-2-3-9-15(13)16/h4,7,10,14H,2-3,5-6,8-9,11-12H2,1H3,(H,18,20). The van der Waals surface area contributed by atoms with Crippen LogP contribution in [0.25, 0.3) is 0 Å². The second-order valence-corrected chi connectivity index (χ2v) is 8.58. The Hall–Kier alpha value is -1.40. The lowest BCUT2D eigenvalue weighted by atomic mass is 9.90. The molecule has 0 saturated carbocycles. The van der Waals surface area contributed by atoms with Crippen LogP contribution in [0.15, 0.2) is 18.2 Å². The van der Waals surface area contributed by atoms with E-state index < -0.39 is 10.0 Å². The number of nitrogens with one attached hydrogen (secondary N) is 1. The van der Waals surface area contributed by atoms with Gasteiger partial charge in [-0.25, -0.2) is 12.7 Å². The highest BCUT2D eigenvalue weighted by Gasteiger charge is 2.30. The summed E-state index contributed by atoms with van der Waals surface area (Å²) in [7, 11) is -3.23. The summed E-state index contributed by atoms with van der Waals surface area (Å²) in [5, 5.41) is 3.05. The molecule has 0 radical (unpaired) electrons. The number of sulfonamides is 1. The van der Waals surface area contributed by atoms with Gasteiger partial charge in [0.25, 0.3) is 0 Å². The number of nitrogens with zero attached hydrogens (tertiary/aromatic N) is 1. The molecule has 0 spiro atoms. The minimum absolute atomic E-state index is 0.0580. The lowest BCUT2D eigenvalue weighted by Gasteiger charge is -2.30. The molecule has 1 heterocycles. The van der Waals surface area contributed by atoms with E-state index in [1.165, 1.54) is 28.1 Å². The number of amides is 1. The maximum Gasteiger partial charge on any atom is 0.228 e. The number of aryl methyl sites for hydroxylation is 1. The zero-order valence-corrected chi connectivity index (χ0v) is 14.4. The van der Waals surface area contributed by atoms with E-state index in [0.717, 1.165) is 37.8 Å². The number of benzene rings is 1. The first-order valence-electron chi connectivity index (χ1n) is 8.32. The summed E-state index contributed by atoms with van der Waals surface area (Å²) in [6, 6.07) is 6.08. The Balaban J connectivity index is 1.72. The first-order valence-corrected chi connectivity index (χ1v) is 10.2. The summed E-state index contributed by atoms with van der Waals surface area (Å²) in [6.07, 6.45) is 7.13. The summed E-state index contributed by atoms with van der Waals surface area (Å²) in [5.41, 5.74) is 3.49. The Labute approximate surface area is 138 Å². The molecular weight excluding hydrogens is 312 g/mol. The highest BCUT2D eigenvalue weighted by Crippen LogP contribution is 2.29. The van der Waals surface area contributed by atoms with E-state index in [-0.39, 0.29) is 11.8 Å². The van der Waals surface area contributed by atoms with E-state index in [0.29, 0.717) is 13.1 Å². The van der Waals surface area contributed by atoms with Crippen molar-refractivity contribution in [2.45, 2.75) is 38.5 Å². The van der Waals surface area contributed by atoms with Gasteiger partial charge in [0.2, 0.25) is 15.9 Å². The Kier molecular flexibility index (Phi) is 4.73. The molecule has 0 aromatic heterocycles. The highest BCUT2D eigenvalue weighted by atomic mass is 32.2. The number of carbonyl (C=O) groups is 1. The molecule has 2 aliphatic rings. The first-order chi connectivity index (χ1) is 10.9. The van der Waals surface area contributed by atoms with Crippen LogP contribution in [0.2, 0.25) is 0 Å². The van der Waals surface area contributed by atoms with Gasteiger partial charge in [0, 0.05) is 18.8 Å². The molecule has 1 aromatic rings. The summed E-state index contributed by atoms with van der Waals surface area (Å²) >= 11 is 0. The van der Waals surface area contributed by atoms with Crippen LogP contribution in [0.1, 0.15) is 36.8 Å². The van der Waals surface area contributed by atoms with Crippen LogP contribution < -0.4 is 5.32 Å². The molecule has 1 aromatic carbocycles. The van der Waals surface area contributed by atoms with Crippen molar-refractivity contribution in [1.29, 1.82) is 0 Å². The van der Waals surface area contributed by atoms with Crippen molar-refractivity contribution < 1.29 is 13.2 Å². The van der Waals surface area contributed by atoms with Crippen molar-refractivity contribution in [3.05, 3.63) is 29.3 Å². The van der Waals surface area contributed by atoms with Gasteiger partial charge < -0.3 is 5.32 Å². The minimum Gasteiger partial charge on any atom is -0.326 e. The fourth-order valence-corrected chi connectivity index (χ4v) is 4.50. The third kappa shape index (κ3) is 3.75. The van der Waals surface area contributed by atoms with E-state index in [9.17, 15) is 13.2 Å². The number of carbonyl (C=O) groups excluding carboxylic acids is 1. The summed E-state index contributed by atoms with van der Waals surface area (Å²) in [5.74, 6) is -0.324. The summed E-state index contributed by atoms with van der Waals surface area (Å²) in [6.45, 7) is 0.809. The Morgan fingerprint density at radius 2 is 2.00 bits per heavy atom. The average molecular weight is 336 g/mol. The predicted octanol–water partition coefficient (Wildman–Crippen LogP) is 2.18. The predicted molar refractivity (Wildman–Crippen MR) is 90.9 cm³/mol. The number of fused-ring (bicyclic) bond motifs is 1. The van der Waals surface area contributed by atoms with Gasteiger partial charge in [0.05, 0.1) is 12.2 Å². The largest absolute Gasteiger partial charge is 0.326 e. The van der Waals surface area contributed by atoms with E-state index in [1.807, 2.05) is 12.1 Å². The SMILES string of the molecule is CS(=O)(=O)N1CCCC(C(=O)Nc2cccc3c2CCCC3)C1. The highest BCUT2D eigenvalue weighted by molar-refractivity contribution is 7.88. The number of rotatable bonds is 3. The fraction of sp³-hybridized carbons (Fsp3) is 0.588. The van der Waals surface area contributed by atoms with E-state index in [2.05, 4.69) is 11.4 Å². The topological polar surface area (TPSA) is 66.5 Å². The van der Waals surface area contributed by atoms with Crippen LogP contribution >= 0.6 is 0 Å². The van der Waals surface area contributed by atoms with Crippen molar-refractivity contribution in [2.75, 3.05) is 24.7 Å². The third-order valence-corrected chi connectivity index (χ3v) is 6.15. The number of hydrogen-bond acceptors (Lipinski definition) is 3. The Bertz CT molecular complexity index is 700. The molecule has 6 heteroatoms. The molecule has 1 atom stereocenters. The van der Waals surface area contributed by atoms with Crippen molar-refractivity contribution >= 4 is 21.6 Å². The monoisotopic (exact) mass is 336 g/mol. The molecule has 23 heavy (non-hydrogen) atoms. The quantitative estimate of drug-likeness (QED) is 0.920. The molecule has 5 nitrogen and oxygen atoms in total. The lowest BCUT2D eigenvalue weighted by molar-refractivity contribution is -0.120. The zero-order chi connectivity index (χ0) is 16.4. The van der Waals surface area contributed by atoms with Crippen LogP contribution in [-0.2, 0) is 27.7 Å². The molecule has 1 fully saturated rings. The van der Waals surface area contributed by atoms with E-state index in [1.54, 1.807) is 0 Å². The smallest absolute Gasteiger partial charge is 0.228 e. The van der Waals surface area contributed by atoms with Gasteiger partial charge in [-0.3, -0.25) is 4.79 Å². The summed E-state index contributed by atoms with van der Waals surface area (Å²) in [4.78, 5) is 12.6. The maximum atomic E-state index is 12.6. The van der Waals surface area contributed by atoms with Gasteiger partial charge in [0.1, 0.15) is 0 Å². The zero-order valence-electron chi connectivity index (χ0n) is 13.5. The van der Waals surface area contributed by atoms with Crippen LogP contribution in [0.3, 0.4) is 0 Å². The van der Waals surface area contributed by atoms with Crippen LogP contribution in [0.4, 0.5) is 5.69 Å². The molecular formula is C17H24N2O3S. The normalized spacial score (nSPS) is 22.4. The molecule has 3 rings (SSSR count). The lowest BCUT2D eigenvalue weighted by Crippen LogP contribution is -2.43. The van der Waals surface area contributed by atoms with Crippen LogP contribution in [0, 0.1) is 5.92 Å². The molecule has 1 amide bonds. The van der Waals surface area contributed by atoms with Crippen LogP contribution in [0.5, 0.6) is 0 Å². The van der Waals surface area contributed by atoms with E-state index >= 15 is 0 Å². The molecule has 1 aliphatic carbocycles. The van der Waals surface area contributed by atoms with Gasteiger partial charge in [-0.1, -0.05) is 12.1 Å². The maximum absolute atomic E-state index is 12.6. The number of piperidine rings is 1. The van der Waals surface area contributed by atoms with Crippen molar-refractivity contribution in [3.63, 3.8) is 0 Å². The second kappa shape index (κ2) is 6.61. The molecule has 1 aliphatic heterocycles. The van der Waals surface area contributed by atoms with E-state index in [4.69, 9.17) is 0 Å². The van der Waals surface area contributed by atoms with Crippen molar-refractivity contribution in [2.24, 2.45) is 5.92 Å². The van der Waals surface area contributed by atoms with Crippen LogP contribution in [-0.4, -0.2) is 38.0 Å². The number of anilines is 1. The van der Waals surface area contributed by atoms with Crippen molar-refractivity contribution in [3.8, 4) is 0 Å². The Morgan fingerprint density at radius 3 is 2.78 bits per heavy atom. The number of hydrogen-bond donors (Lipinski definition) is 1. The molecule has 126 valence electrons. The van der Waals surface area contributed by atoms with Gasteiger partial charge >= 0.3 is 0 Å².